The van der Waals surface area contributed by atoms with Gasteiger partial charge in [0.25, 0.3) is 5.91 Å². The topological polar surface area (TPSA) is 68.0 Å². The first-order chi connectivity index (χ1) is 13.5. The van der Waals surface area contributed by atoms with Crippen LogP contribution in [0.1, 0.15) is 27.4 Å². The van der Waals surface area contributed by atoms with E-state index in [-0.39, 0.29) is 5.91 Å². The molecule has 2 aromatic heterocycles. The SMILES string of the molecule is Cc1nc(-c2ccc(-c3cc(NC(=O)c4ccsc4)ccc3C)c(C)c2)no1. The summed E-state index contributed by atoms with van der Waals surface area (Å²) in [5.41, 5.74) is 6.78. The fourth-order valence-corrected chi connectivity index (χ4v) is 3.74. The first kappa shape index (κ1) is 18.1. The highest BCUT2D eigenvalue weighted by Crippen LogP contribution is 2.31. The Bertz CT molecular complexity index is 1150. The third-order valence-corrected chi connectivity index (χ3v) is 5.26. The highest BCUT2D eigenvalue weighted by Gasteiger charge is 2.12. The van der Waals surface area contributed by atoms with E-state index in [1.54, 1.807) is 6.92 Å². The lowest BCUT2D eigenvalue weighted by Gasteiger charge is -2.13. The molecule has 0 aliphatic carbocycles. The van der Waals surface area contributed by atoms with Crippen LogP contribution in [0, 0.1) is 20.8 Å². The van der Waals surface area contributed by atoms with Crippen LogP contribution in [0.25, 0.3) is 22.5 Å². The summed E-state index contributed by atoms with van der Waals surface area (Å²) < 4.78 is 5.08. The van der Waals surface area contributed by atoms with Gasteiger partial charge in [-0.05, 0) is 65.7 Å². The number of benzene rings is 2. The molecule has 2 aromatic carbocycles. The largest absolute Gasteiger partial charge is 0.339 e. The van der Waals surface area contributed by atoms with Crippen molar-refractivity contribution in [3.05, 3.63) is 75.8 Å². The van der Waals surface area contributed by atoms with Crippen molar-refractivity contribution in [2.75, 3.05) is 5.32 Å². The quantitative estimate of drug-likeness (QED) is 0.490. The number of aromatic nitrogens is 2. The van der Waals surface area contributed by atoms with Gasteiger partial charge in [-0.15, -0.1) is 0 Å². The number of hydrogen-bond donors (Lipinski definition) is 1. The Kier molecular flexibility index (Phi) is 4.79. The van der Waals surface area contributed by atoms with E-state index in [2.05, 4.69) is 41.4 Å². The van der Waals surface area contributed by atoms with Crippen LogP contribution in [-0.2, 0) is 0 Å². The lowest BCUT2D eigenvalue weighted by atomic mass is 9.94. The first-order valence-corrected chi connectivity index (χ1v) is 9.81. The number of aryl methyl sites for hydroxylation is 3. The molecule has 1 N–H and O–H groups in total. The van der Waals surface area contributed by atoms with Gasteiger partial charge in [0.05, 0.1) is 5.56 Å². The smallest absolute Gasteiger partial charge is 0.256 e. The number of carbonyl (C=O) groups is 1. The van der Waals surface area contributed by atoms with E-state index in [9.17, 15) is 4.79 Å². The molecule has 0 aliphatic heterocycles. The number of amides is 1. The number of anilines is 1. The maximum Gasteiger partial charge on any atom is 0.256 e. The molecule has 6 heteroatoms. The minimum absolute atomic E-state index is 0.101. The Labute approximate surface area is 167 Å². The van der Waals surface area contributed by atoms with Crippen LogP contribution in [0.5, 0.6) is 0 Å². The van der Waals surface area contributed by atoms with Gasteiger partial charge in [-0.1, -0.05) is 23.4 Å². The molecule has 5 nitrogen and oxygen atoms in total. The summed E-state index contributed by atoms with van der Waals surface area (Å²) in [5, 5.41) is 10.7. The molecular formula is C22H19N3O2S. The van der Waals surface area contributed by atoms with Gasteiger partial charge in [0.15, 0.2) is 0 Å². The summed E-state index contributed by atoms with van der Waals surface area (Å²) in [6, 6.07) is 13.9. The fourth-order valence-electron chi connectivity index (χ4n) is 3.11. The average Bonchev–Trinajstić information content (AvgIpc) is 3.35. The van der Waals surface area contributed by atoms with Gasteiger partial charge in [-0.2, -0.15) is 16.3 Å². The van der Waals surface area contributed by atoms with E-state index in [0.717, 1.165) is 33.5 Å². The van der Waals surface area contributed by atoms with Crippen molar-refractivity contribution in [2.45, 2.75) is 20.8 Å². The molecule has 0 atom stereocenters. The van der Waals surface area contributed by atoms with Crippen molar-refractivity contribution in [3.63, 3.8) is 0 Å². The molecule has 140 valence electrons. The number of hydrogen-bond acceptors (Lipinski definition) is 5. The lowest BCUT2D eigenvalue weighted by molar-refractivity contribution is 0.102. The average molecular weight is 389 g/mol. The molecule has 0 radical (unpaired) electrons. The van der Waals surface area contributed by atoms with Crippen molar-refractivity contribution in [1.29, 1.82) is 0 Å². The molecule has 0 unspecified atom stereocenters. The molecule has 4 aromatic rings. The van der Waals surface area contributed by atoms with Crippen molar-refractivity contribution < 1.29 is 9.32 Å². The minimum atomic E-state index is -0.101. The van der Waals surface area contributed by atoms with Crippen molar-refractivity contribution in [3.8, 4) is 22.5 Å². The lowest BCUT2D eigenvalue weighted by Crippen LogP contribution is -2.10. The van der Waals surface area contributed by atoms with Crippen LogP contribution in [-0.4, -0.2) is 16.0 Å². The van der Waals surface area contributed by atoms with Gasteiger partial charge < -0.3 is 9.84 Å². The van der Waals surface area contributed by atoms with Crippen molar-refractivity contribution in [2.24, 2.45) is 0 Å². The van der Waals surface area contributed by atoms with Crippen LogP contribution in [0.4, 0.5) is 5.69 Å². The summed E-state index contributed by atoms with van der Waals surface area (Å²) in [6.07, 6.45) is 0. The number of nitrogens with one attached hydrogen (secondary N) is 1. The number of rotatable bonds is 4. The Balaban J connectivity index is 1.66. The predicted octanol–water partition coefficient (Wildman–Crippen LogP) is 5.64. The second-order valence-electron chi connectivity index (χ2n) is 6.66. The van der Waals surface area contributed by atoms with Crippen molar-refractivity contribution >= 4 is 22.9 Å². The van der Waals surface area contributed by atoms with Gasteiger partial charge in [0.1, 0.15) is 0 Å². The number of carbonyl (C=O) groups excluding carboxylic acids is 1. The van der Waals surface area contributed by atoms with E-state index in [1.165, 1.54) is 11.3 Å². The third-order valence-electron chi connectivity index (χ3n) is 4.58. The molecule has 4 rings (SSSR count). The molecule has 1 amide bonds. The Morgan fingerprint density at radius 2 is 1.86 bits per heavy atom. The third kappa shape index (κ3) is 3.59. The van der Waals surface area contributed by atoms with Crippen molar-refractivity contribution in [1.82, 2.24) is 10.1 Å². The molecule has 0 fully saturated rings. The maximum atomic E-state index is 12.4. The number of nitrogens with zero attached hydrogens (tertiary/aromatic N) is 2. The second-order valence-corrected chi connectivity index (χ2v) is 7.44. The fraction of sp³-hybridized carbons (Fsp3) is 0.136. The van der Waals surface area contributed by atoms with Crippen LogP contribution in [0.15, 0.2) is 57.7 Å². The molecule has 0 saturated carbocycles. The van der Waals surface area contributed by atoms with Crippen LogP contribution in [0.2, 0.25) is 0 Å². The second kappa shape index (κ2) is 7.40. The minimum Gasteiger partial charge on any atom is -0.339 e. The van der Waals surface area contributed by atoms with Gasteiger partial charge in [-0.3, -0.25) is 4.79 Å². The molecule has 0 aliphatic rings. The van der Waals surface area contributed by atoms with Gasteiger partial charge in [-0.25, -0.2) is 0 Å². The van der Waals surface area contributed by atoms with E-state index >= 15 is 0 Å². The molecule has 0 saturated heterocycles. The first-order valence-electron chi connectivity index (χ1n) is 8.87. The molecule has 28 heavy (non-hydrogen) atoms. The summed E-state index contributed by atoms with van der Waals surface area (Å²) in [6.45, 7) is 5.90. The Morgan fingerprint density at radius 1 is 1.00 bits per heavy atom. The van der Waals surface area contributed by atoms with Gasteiger partial charge >= 0.3 is 0 Å². The summed E-state index contributed by atoms with van der Waals surface area (Å²) in [7, 11) is 0. The number of thiophene rings is 1. The molecular weight excluding hydrogens is 370 g/mol. The molecule has 2 heterocycles. The monoisotopic (exact) mass is 389 g/mol. The zero-order valence-electron chi connectivity index (χ0n) is 15.8. The predicted molar refractivity (Wildman–Crippen MR) is 112 cm³/mol. The maximum absolute atomic E-state index is 12.4. The van der Waals surface area contributed by atoms with Gasteiger partial charge in [0, 0.05) is 23.6 Å². The van der Waals surface area contributed by atoms with E-state index < -0.39 is 0 Å². The summed E-state index contributed by atoms with van der Waals surface area (Å²) >= 11 is 1.51. The van der Waals surface area contributed by atoms with Crippen LogP contribution >= 0.6 is 11.3 Å². The normalized spacial score (nSPS) is 10.8. The van der Waals surface area contributed by atoms with Crippen LogP contribution in [0.3, 0.4) is 0 Å². The van der Waals surface area contributed by atoms with E-state index in [1.807, 2.05) is 41.1 Å². The van der Waals surface area contributed by atoms with E-state index in [4.69, 9.17) is 4.52 Å². The standard InChI is InChI=1S/C22H19N3O2S/c1-13-4-6-18(24-22(26)17-8-9-28-12-17)11-20(13)19-7-5-16(10-14(19)2)21-23-15(3)27-25-21/h4-12H,1-3H3,(H,24,26). The molecule has 0 spiro atoms. The zero-order valence-corrected chi connectivity index (χ0v) is 16.6. The van der Waals surface area contributed by atoms with Gasteiger partial charge in [0.2, 0.25) is 11.7 Å². The summed E-state index contributed by atoms with van der Waals surface area (Å²) in [5.74, 6) is 1.03. The highest BCUT2D eigenvalue weighted by atomic mass is 32.1. The summed E-state index contributed by atoms with van der Waals surface area (Å²) in [4.78, 5) is 16.6. The Morgan fingerprint density at radius 3 is 2.54 bits per heavy atom. The Hall–Kier alpha value is -3.25. The zero-order chi connectivity index (χ0) is 19.7. The van der Waals surface area contributed by atoms with Crippen LogP contribution < -0.4 is 5.32 Å². The highest BCUT2D eigenvalue weighted by molar-refractivity contribution is 7.08. The van der Waals surface area contributed by atoms with E-state index in [0.29, 0.717) is 17.3 Å². The molecule has 0 bridgehead atoms.